The SMILES string of the molecule is CCCCCCCCCCC(CC)NC.[CH3-].[V]. The number of hydrogen-bond acceptors (Lipinski definition) is 1. The maximum atomic E-state index is 3.37. The second-order valence-electron chi connectivity index (χ2n) is 4.66. The molecule has 0 aromatic carbocycles. The topological polar surface area (TPSA) is 12.0 Å². The minimum absolute atomic E-state index is 0. The van der Waals surface area contributed by atoms with Gasteiger partial charge in [0.15, 0.2) is 0 Å². The third-order valence-electron chi connectivity index (χ3n) is 3.31. The fourth-order valence-electron chi connectivity index (χ4n) is 2.08. The first-order chi connectivity index (χ1) is 7.35. The van der Waals surface area contributed by atoms with Gasteiger partial charge in [-0.05, 0) is 19.9 Å². The first-order valence-corrected chi connectivity index (χ1v) is 7.02. The molecule has 0 rings (SSSR count). The zero-order chi connectivity index (χ0) is 11.4. The Kier molecular flexibility index (Phi) is 25.2. The summed E-state index contributed by atoms with van der Waals surface area (Å²) in [6, 6.07) is 0.755. The molecule has 0 heterocycles. The van der Waals surface area contributed by atoms with Gasteiger partial charge in [-0.1, -0.05) is 65.2 Å². The summed E-state index contributed by atoms with van der Waals surface area (Å²) < 4.78 is 0. The molecular formula is C15H34NV-. The Hall–Kier alpha value is 0.544. The van der Waals surface area contributed by atoms with E-state index in [1.165, 1.54) is 64.2 Å². The molecule has 0 bridgehead atoms. The molecule has 0 saturated heterocycles. The standard InChI is InChI=1S/C14H31N.CH3.V/c1-4-6-7-8-9-10-11-12-13-14(5-2)15-3;;/h14-15H,4-13H2,1-3H3;1H3;/q;-1;. The van der Waals surface area contributed by atoms with Crippen molar-refractivity contribution in [2.45, 2.75) is 84.1 Å². The van der Waals surface area contributed by atoms with E-state index in [1.807, 2.05) is 0 Å². The second-order valence-corrected chi connectivity index (χ2v) is 4.66. The van der Waals surface area contributed by atoms with E-state index in [1.54, 1.807) is 0 Å². The van der Waals surface area contributed by atoms with E-state index in [9.17, 15) is 0 Å². The van der Waals surface area contributed by atoms with Crippen LogP contribution in [0.4, 0.5) is 0 Å². The molecule has 0 aliphatic heterocycles. The molecule has 0 aliphatic carbocycles. The van der Waals surface area contributed by atoms with Gasteiger partial charge >= 0.3 is 0 Å². The number of rotatable bonds is 11. The maximum absolute atomic E-state index is 3.37. The second kappa shape index (κ2) is 18.9. The summed E-state index contributed by atoms with van der Waals surface area (Å²) >= 11 is 0. The van der Waals surface area contributed by atoms with E-state index in [4.69, 9.17) is 0 Å². The Morgan fingerprint density at radius 2 is 1.29 bits per heavy atom. The van der Waals surface area contributed by atoms with E-state index in [0.29, 0.717) is 0 Å². The molecule has 0 aromatic heterocycles. The quantitative estimate of drug-likeness (QED) is 0.416. The summed E-state index contributed by atoms with van der Waals surface area (Å²) in [5, 5.41) is 3.37. The van der Waals surface area contributed by atoms with Crippen molar-refractivity contribution in [2.24, 2.45) is 0 Å². The molecule has 105 valence electrons. The Labute approximate surface area is 122 Å². The average molecular weight is 279 g/mol. The van der Waals surface area contributed by atoms with Crippen molar-refractivity contribution in [1.82, 2.24) is 5.32 Å². The van der Waals surface area contributed by atoms with Crippen molar-refractivity contribution in [3.05, 3.63) is 7.43 Å². The summed E-state index contributed by atoms with van der Waals surface area (Å²) in [4.78, 5) is 0. The van der Waals surface area contributed by atoms with Crippen molar-refractivity contribution in [1.29, 1.82) is 0 Å². The van der Waals surface area contributed by atoms with Crippen molar-refractivity contribution >= 4 is 0 Å². The molecule has 2 heteroatoms. The molecule has 1 unspecified atom stereocenters. The van der Waals surface area contributed by atoms with Gasteiger partial charge in [-0.2, -0.15) is 0 Å². The van der Waals surface area contributed by atoms with Crippen LogP contribution in [0.3, 0.4) is 0 Å². The Morgan fingerprint density at radius 1 is 0.824 bits per heavy atom. The minimum atomic E-state index is 0. The molecule has 0 aromatic rings. The third kappa shape index (κ3) is 16.5. The molecule has 0 saturated carbocycles. The van der Waals surface area contributed by atoms with Crippen LogP contribution in [-0.4, -0.2) is 13.1 Å². The van der Waals surface area contributed by atoms with Gasteiger partial charge in [0.05, 0.1) is 0 Å². The zero-order valence-corrected chi connectivity index (χ0v) is 14.0. The summed E-state index contributed by atoms with van der Waals surface area (Å²) in [6.45, 7) is 4.55. The Balaban J connectivity index is -0.000000980. The molecule has 1 radical (unpaired) electrons. The van der Waals surface area contributed by atoms with Crippen LogP contribution in [0, 0.1) is 7.43 Å². The van der Waals surface area contributed by atoms with Crippen LogP contribution in [0.1, 0.15) is 78.1 Å². The zero-order valence-electron chi connectivity index (χ0n) is 12.6. The summed E-state index contributed by atoms with van der Waals surface area (Å²) in [6.07, 6.45) is 14.1. The minimum Gasteiger partial charge on any atom is -0.358 e. The monoisotopic (exact) mass is 279 g/mol. The predicted molar refractivity (Wildman–Crippen MR) is 76.8 cm³/mol. The predicted octanol–water partition coefficient (Wildman–Crippen LogP) is 4.96. The molecule has 0 fully saturated rings. The molecule has 0 amide bonds. The van der Waals surface area contributed by atoms with E-state index in [0.717, 1.165) is 6.04 Å². The van der Waals surface area contributed by atoms with Crippen LogP contribution in [-0.2, 0) is 18.6 Å². The smallest absolute Gasteiger partial charge is 0.00614 e. The average Bonchev–Trinajstić information content (AvgIpc) is 2.27. The fourth-order valence-corrected chi connectivity index (χ4v) is 2.08. The van der Waals surface area contributed by atoms with E-state index >= 15 is 0 Å². The number of nitrogens with one attached hydrogen (secondary N) is 1. The molecule has 1 N–H and O–H groups in total. The molecular weight excluding hydrogens is 245 g/mol. The van der Waals surface area contributed by atoms with Gasteiger partial charge in [-0.25, -0.2) is 0 Å². The van der Waals surface area contributed by atoms with Crippen LogP contribution < -0.4 is 5.32 Å². The van der Waals surface area contributed by atoms with Gasteiger partial charge in [0, 0.05) is 24.6 Å². The van der Waals surface area contributed by atoms with E-state index in [-0.39, 0.29) is 26.0 Å². The van der Waals surface area contributed by atoms with E-state index in [2.05, 4.69) is 26.2 Å². The van der Waals surface area contributed by atoms with Crippen molar-refractivity contribution in [3.63, 3.8) is 0 Å². The summed E-state index contributed by atoms with van der Waals surface area (Å²) in [7, 11) is 2.08. The molecule has 0 aliphatic rings. The maximum Gasteiger partial charge on any atom is 0.00614 e. The van der Waals surface area contributed by atoms with Crippen LogP contribution >= 0.6 is 0 Å². The molecule has 17 heavy (non-hydrogen) atoms. The van der Waals surface area contributed by atoms with Gasteiger partial charge in [0.25, 0.3) is 0 Å². The third-order valence-corrected chi connectivity index (χ3v) is 3.31. The van der Waals surface area contributed by atoms with Crippen LogP contribution in [0.2, 0.25) is 0 Å². The van der Waals surface area contributed by atoms with Crippen molar-refractivity contribution in [2.75, 3.05) is 7.05 Å². The van der Waals surface area contributed by atoms with Gasteiger partial charge in [0.1, 0.15) is 0 Å². The fraction of sp³-hybridized carbons (Fsp3) is 0.933. The molecule has 1 nitrogen and oxygen atoms in total. The van der Waals surface area contributed by atoms with Crippen LogP contribution in [0.15, 0.2) is 0 Å². The first-order valence-electron chi connectivity index (χ1n) is 7.02. The molecule has 1 atom stereocenters. The Bertz CT molecular complexity index is 113. The van der Waals surface area contributed by atoms with E-state index < -0.39 is 0 Å². The van der Waals surface area contributed by atoms with Gasteiger partial charge in [0.2, 0.25) is 0 Å². The molecule has 0 spiro atoms. The van der Waals surface area contributed by atoms with Gasteiger partial charge in [-0.15, -0.1) is 0 Å². The largest absolute Gasteiger partial charge is 0.358 e. The normalized spacial score (nSPS) is 11.5. The van der Waals surface area contributed by atoms with Gasteiger partial charge in [-0.3, -0.25) is 0 Å². The Morgan fingerprint density at radius 3 is 1.71 bits per heavy atom. The van der Waals surface area contributed by atoms with Crippen molar-refractivity contribution < 1.29 is 18.6 Å². The van der Waals surface area contributed by atoms with Crippen LogP contribution in [0.25, 0.3) is 0 Å². The number of unbranched alkanes of at least 4 members (excludes halogenated alkanes) is 7. The summed E-state index contributed by atoms with van der Waals surface area (Å²) in [5.74, 6) is 0. The van der Waals surface area contributed by atoms with Gasteiger partial charge < -0.3 is 12.7 Å². The summed E-state index contributed by atoms with van der Waals surface area (Å²) in [5.41, 5.74) is 0. The van der Waals surface area contributed by atoms with Crippen LogP contribution in [0.5, 0.6) is 0 Å². The number of hydrogen-bond donors (Lipinski definition) is 1. The first kappa shape index (κ1) is 22.7. The van der Waals surface area contributed by atoms with Crippen molar-refractivity contribution in [3.8, 4) is 0 Å².